The molecule has 0 N–H and O–H groups in total. The molecule has 0 bridgehead atoms. The zero-order valence-corrected chi connectivity index (χ0v) is 14.0. The minimum Gasteiger partial charge on any atom is -0.497 e. The predicted molar refractivity (Wildman–Crippen MR) is 84.4 cm³/mol. The van der Waals surface area contributed by atoms with E-state index in [4.69, 9.17) is 4.74 Å². The van der Waals surface area contributed by atoms with Crippen LogP contribution in [0.1, 0.15) is 53.7 Å². The van der Waals surface area contributed by atoms with E-state index >= 15 is 0 Å². The number of carbonyl (C=O) groups is 1. The molecule has 0 saturated heterocycles. The van der Waals surface area contributed by atoms with Crippen LogP contribution in [-0.2, 0) is 6.54 Å². The number of hydrogen-bond acceptors (Lipinski definition) is 4. The van der Waals surface area contributed by atoms with Crippen molar-refractivity contribution >= 4 is 5.91 Å². The standard InChI is InChI=1S/C17H18F2N4O2/c1-9-16-20-15(10-3-4-10)21-23(16)6-5-22(9)17(24)14-12(18)7-11(25-2)8-13(14)19/h7-10H,3-6H2,1-2H3/t9-/m1/s1. The molecule has 1 amide bonds. The number of benzene rings is 1. The van der Waals surface area contributed by atoms with Gasteiger partial charge in [-0.05, 0) is 19.8 Å². The average molecular weight is 348 g/mol. The highest BCUT2D eigenvalue weighted by atomic mass is 19.1. The molecule has 1 aliphatic heterocycles. The van der Waals surface area contributed by atoms with Gasteiger partial charge in [0.05, 0.1) is 19.7 Å². The van der Waals surface area contributed by atoms with Crippen molar-refractivity contribution in [2.75, 3.05) is 13.7 Å². The van der Waals surface area contributed by atoms with Crippen LogP contribution < -0.4 is 4.74 Å². The molecule has 1 atom stereocenters. The first-order valence-corrected chi connectivity index (χ1v) is 8.28. The van der Waals surface area contributed by atoms with Crippen LogP contribution in [0.3, 0.4) is 0 Å². The summed E-state index contributed by atoms with van der Waals surface area (Å²) in [6.45, 7) is 2.59. The molecule has 0 unspecified atom stereocenters. The number of ether oxygens (including phenoxy) is 1. The number of nitrogens with zero attached hydrogens (tertiary/aromatic N) is 4. The molecule has 1 fully saturated rings. The minimum atomic E-state index is -0.931. The molecule has 6 nitrogen and oxygen atoms in total. The van der Waals surface area contributed by atoms with Gasteiger partial charge in [0.15, 0.2) is 5.82 Å². The number of methoxy groups -OCH3 is 1. The Morgan fingerprint density at radius 1 is 1.24 bits per heavy atom. The van der Waals surface area contributed by atoms with Crippen molar-refractivity contribution in [3.8, 4) is 5.75 Å². The summed E-state index contributed by atoms with van der Waals surface area (Å²) in [5.74, 6) is -0.640. The summed E-state index contributed by atoms with van der Waals surface area (Å²) >= 11 is 0. The molecule has 25 heavy (non-hydrogen) atoms. The maximum atomic E-state index is 14.2. The van der Waals surface area contributed by atoms with E-state index in [0.29, 0.717) is 24.8 Å². The number of fused-ring (bicyclic) bond motifs is 1. The van der Waals surface area contributed by atoms with Gasteiger partial charge < -0.3 is 9.64 Å². The number of amides is 1. The van der Waals surface area contributed by atoms with E-state index in [1.807, 2.05) is 0 Å². The lowest BCUT2D eigenvalue weighted by atomic mass is 10.1. The maximum Gasteiger partial charge on any atom is 0.260 e. The quantitative estimate of drug-likeness (QED) is 0.856. The van der Waals surface area contributed by atoms with Crippen molar-refractivity contribution in [2.24, 2.45) is 0 Å². The van der Waals surface area contributed by atoms with Gasteiger partial charge in [-0.2, -0.15) is 5.10 Å². The molecular weight excluding hydrogens is 330 g/mol. The number of carbonyl (C=O) groups excluding carboxylic acids is 1. The Morgan fingerprint density at radius 2 is 1.92 bits per heavy atom. The van der Waals surface area contributed by atoms with E-state index in [2.05, 4.69) is 10.1 Å². The third-order valence-electron chi connectivity index (χ3n) is 4.78. The van der Waals surface area contributed by atoms with Gasteiger partial charge in [0.2, 0.25) is 0 Å². The van der Waals surface area contributed by atoms with Crippen LogP contribution in [0.2, 0.25) is 0 Å². The zero-order chi connectivity index (χ0) is 17.7. The molecule has 2 aliphatic rings. The van der Waals surface area contributed by atoms with Gasteiger partial charge in [0, 0.05) is 24.6 Å². The van der Waals surface area contributed by atoms with Crippen molar-refractivity contribution in [2.45, 2.75) is 38.3 Å². The van der Waals surface area contributed by atoms with Crippen LogP contribution in [0.4, 0.5) is 8.78 Å². The van der Waals surface area contributed by atoms with Gasteiger partial charge in [-0.3, -0.25) is 4.79 Å². The summed E-state index contributed by atoms with van der Waals surface area (Å²) in [4.78, 5) is 18.7. The first-order valence-electron chi connectivity index (χ1n) is 8.28. The SMILES string of the molecule is COc1cc(F)c(C(=O)N2CCn3nc(C4CC4)nc3[C@H]2C)c(F)c1. The first kappa shape index (κ1) is 16.0. The molecule has 4 rings (SSSR count). The summed E-state index contributed by atoms with van der Waals surface area (Å²) < 4.78 is 35.1. The third kappa shape index (κ3) is 2.65. The lowest BCUT2D eigenvalue weighted by Gasteiger charge is -2.33. The molecule has 2 aromatic rings. The van der Waals surface area contributed by atoms with E-state index in [0.717, 1.165) is 30.8 Å². The fourth-order valence-corrected chi connectivity index (χ4v) is 3.19. The maximum absolute atomic E-state index is 14.2. The summed E-state index contributed by atoms with van der Waals surface area (Å²) in [5, 5.41) is 4.49. The minimum absolute atomic E-state index is 0.0343. The summed E-state index contributed by atoms with van der Waals surface area (Å²) in [6, 6.07) is 1.62. The van der Waals surface area contributed by atoms with Crippen molar-refractivity contribution in [3.05, 3.63) is 41.0 Å². The van der Waals surface area contributed by atoms with Gasteiger partial charge in [0.1, 0.15) is 28.8 Å². The molecule has 1 aliphatic carbocycles. The molecule has 8 heteroatoms. The van der Waals surface area contributed by atoms with E-state index in [-0.39, 0.29) is 5.75 Å². The second kappa shape index (κ2) is 5.79. The lowest BCUT2D eigenvalue weighted by molar-refractivity contribution is 0.0620. The van der Waals surface area contributed by atoms with Crippen LogP contribution in [0, 0.1) is 11.6 Å². The molecule has 1 aromatic heterocycles. The van der Waals surface area contributed by atoms with E-state index in [1.165, 1.54) is 12.0 Å². The van der Waals surface area contributed by atoms with E-state index < -0.39 is 29.1 Å². The Bertz CT molecular complexity index is 824. The van der Waals surface area contributed by atoms with E-state index in [1.54, 1.807) is 11.6 Å². The highest BCUT2D eigenvalue weighted by Gasteiger charge is 2.36. The predicted octanol–water partition coefficient (Wildman–Crippen LogP) is 2.66. The van der Waals surface area contributed by atoms with Gasteiger partial charge in [-0.25, -0.2) is 18.4 Å². The summed E-state index contributed by atoms with van der Waals surface area (Å²) in [5.41, 5.74) is -0.567. The molecule has 0 radical (unpaired) electrons. The number of hydrogen-bond donors (Lipinski definition) is 0. The Balaban J connectivity index is 1.64. The smallest absolute Gasteiger partial charge is 0.260 e. The zero-order valence-electron chi connectivity index (χ0n) is 14.0. The van der Waals surface area contributed by atoms with Crippen molar-refractivity contribution in [1.29, 1.82) is 0 Å². The second-order valence-electron chi connectivity index (χ2n) is 6.47. The monoisotopic (exact) mass is 348 g/mol. The Hall–Kier alpha value is -2.51. The number of halogens is 2. The fraction of sp³-hybridized carbons (Fsp3) is 0.471. The summed E-state index contributed by atoms with van der Waals surface area (Å²) in [6.07, 6.45) is 2.17. The normalized spacial score (nSPS) is 19.7. The third-order valence-corrected chi connectivity index (χ3v) is 4.78. The molecule has 2 heterocycles. The van der Waals surface area contributed by atoms with Crippen molar-refractivity contribution < 1.29 is 18.3 Å². The Morgan fingerprint density at radius 3 is 2.52 bits per heavy atom. The molecular formula is C17H18F2N4O2. The largest absolute Gasteiger partial charge is 0.497 e. The summed E-state index contributed by atoms with van der Waals surface area (Å²) in [7, 11) is 1.31. The average Bonchev–Trinajstić information content (AvgIpc) is 3.33. The molecule has 0 spiro atoms. The molecule has 1 saturated carbocycles. The van der Waals surface area contributed by atoms with Crippen LogP contribution in [-0.4, -0.2) is 39.2 Å². The van der Waals surface area contributed by atoms with Crippen LogP contribution >= 0.6 is 0 Å². The van der Waals surface area contributed by atoms with Gasteiger partial charge in [-0.1, -0.05) is 0 Å². The second-order valence-corrected chi connectivity index (χ2v) is 6.47. The van der Waals surface area contributed by atoms with Gasteiger partial charge in [-0.15, -0.1) is 0 Å². The van der Waals surface area contributed by atoms with Gasteiger partial charge >= 0.3 is 0 Å². The molecule has 132 valence electrons. The van der Waals surface area contributed by atoms with Crippen molar-refractivity contribution in [3.63, 3.8) is 0 Å². The number of aromatic nitrogens is 3. The topological polar surface area (TPSA) is 60.2 Å². The van der Waals surface area contributed by atoms with Crippen LogP contribution in [0.25, 0.3) is 0 Å². The fourth-order valence-electron chi connectivity index (χ4n) is 3.19. The van der Waals surface area contributed by atoms with E-state index in [9.17, 15) is 13.6 Å². The van der Waals surface area contributed by atoms with Crippen LogP contribution in [0.5, 0.6) is 5.75 Å². The van der Waals surface area contributed by atoms with Crippen LogP contribution in [0.15, 0.2) is 12.1 Å². The highest BCUT2D eigenvalue weighted by Crippen LogP contribution is 2.39. The number of rotatable bonds is 3. The van der Waals surface area contributed by atoms with Gasteiger partial charge in [0.25, 0.3) is 5.91 Å². The highest BCUT2D eigenvalue weighted by molar-refractivity contribution is 5.95. The lowest BCUT2D eigenvalue weighted by Crippen LogP contribution is -2.42. The Kier molecular flexibility index (Phi) is 3.70. The first-order chi connectivity index (χ1) is 12.0. The molecule has 1 aromatic carbocycles. The Labute approximate surface area is 143 Å². The van der Waals surface area contributed by atoms with Crippen molar-refractivity contribution in [1.82, 2.24) is 19.7 Å².